The molecule has 10 heteroatoms. The van der Waals surface area contributed by atoms with Gasteiger partial charge in [0.15, 0.2) is 0 Å². The Morgan fingerprint density at radius 2 is 1.58 bits per heavy atom. The first-order chi connectivity index (χ1) is 13.9. The van der Waals surface area contributed by atoms with Crippen LogP contribution >= 0.6 is 24.8 Å². The smallest absolute Gasteiger partial charge is 0.245 e. The van der Waals surface area contributed by atoms with Crippen LogP contribution in [0.4, 0.5) is 4.39 Å². The van der Waals surface area contributed by atoms with Gasteiger partial charge in [-0.15, -0.1) is 24.8 Å². The molecule has 0 aliphatic rings. The molecule has 0 saturated carbocycles. The Kier molecular flexibility index (Phi) is 13.1. The Balaban J connectivity index is 0.00000450. The summed E-state index contributed by atoms with van der Waals surface area (Å²) in [5.41, 5.74) is 13.6. The molecule has 31 heavy (non-hydrogen) atoms. The van der Waals surface area contributed by atoms with Crippen LogP contribution in [0.3, 0.4) is 0 Å². The second-order valence-corrected chi connectivity index (χ2v) is 6.67. The highest BCUT2D eigenvalue weighted by atomic mass is 35.5. The highest BCUT2D eigenvalue weighted by Gasteiger charge is 2.23. The van der Waals surface area contributed by atoms with Crippen molar-refractivity contribution >= 4 is 42.5 Å². The molecule has 0 fully saturated rings. The molecule has 0 spiro atoms. The lowest BCUT2D eigenvalue weighted by atomic mass is 10.1. The standard InChI is InChI=1S/C21H26FN5O2.2ClH/c22-12-18(21(29)26-13-15-6-9-16(10-7-15)19(24)25)27-20(28)17(23)11-8-14-4-2-1-3-5-14;;/h1-7,9-10,17-18H,8,11-13,23H2,(H3,24,25)(H,26,29)(H,27,28);2*1H/t17-,18?;;/m1../s1. The molecule has 2 aromatic rings. The highest BCUT2D eigenvalue weighted by molar-refractivity contribution is 5.95. The number of aryl methyl sites for hydroxylation is 1. The fraction of sp³-hybridized carbons (Fsp3) is 0.286. The highest BCUT2D eigenvalue weighted by Crippen LogP contribution is 2.05. The van der Waals surface area contributed by atoms with Crippen molar-refractivity contribution in [2.75, 3.05) is 6.67 Å². The van der Waals surface area contributed by atoms with Gasteiger partial charge in [0.05, 0.1) is 6.04 Å². The molecule has 2 amide bonds. The van der Waals surface area contributed by atoms with Gasteiger partial charge >= 0.3 is 0 Å². The SMILES string of the molecule is Cl.Cl.N=C(N)c1ccc(CNC(=O)C(CF)NC(=O)[C@H](N)CCc2ccccc2)cc1. The molecule has 7 N–H and O–H groups in total. The number of nitrogens with one attached hydrogen (secondary N) is 3. The van der Waals surface area contributed by atoms with E-state index >= 15 is 0 Å². The van der Waals surface area contributed by atoms with Gasteiger partial charge in [-0.3, -0.25) is 15.0 Å². The zero-order valence-electron chi connectivity index (χ0n) is 16.8. The quantitative estimate of drug-likeness (QED) is 0.267. The fourth-order valence-corrected chi connectivity index (χ4v) is 2.67. The Morgan fingerprint density at radius 3 is 2.13 bits per heavy atom. The molecule has 0 aliphatic heterocycles. The van der Waals surface area contributed by atoms with Crippen molar-refractivity contribution in [3.8, 4) is 0 Å². The molecule has 170 valence electrons. The van der Waals surface area contributed by atoms with Crippen molar-refractivity contribution in [2.24, 2.45) is 11.5 Å². The molecule has 2 rings (SSSR count). The van der Waals surface area contributed by atoms with Gasteiger partial charge in [0.25, 0.3) is 0 Å². The minimum absolute atomic E-state index is 0. The Hall–Kier alpha value is -2.68. The first kappa shape index (κ1) is 28.3. The monoisotopic (exact) mass is 471 g/mol. The van der Waals surface area contributed by atoms with Gasteiger partial charge in [0, 0.05) is 12.1 Å². The number of alkyl halides is 1. The zero-order valence-corrected chi connectivity index (χ0v) is 18.5. The van der Waals surface area contributed by atoms with E-state index in [0.29, 0.717) is 18.4 Å². The van der Waals surface area contributed by atoms with Crippen LogP contribution in [0.1, 0.15) is 23.1 Å². The molecular weight excluding hydrogens is 444 g/mol. The molecule has 0 saturated heterocycles. The predicted octanol–water partition coefficient (Wildman–Crippen LogP) is 1.84. The summed E-state index contributed by atoms with van der Waals surface area (Å²) in [4.78, 5) is 24.4. The lowest BCUT2D eigenvalue weighted by Crippen LogP contribution is -2.52. The molecule has 0 aliphatic carbocycles. The minimum Gasteiger partial charge on any atom is -0.384 e. The normalized spacial score (nSPS) is 11.8. The topological polar surface area (TPSA) is 134 Å². The number of nitrogen functional groups attached to an aromatic ring is 1. The average Bonchev–Trinajstić information content (AvgIpc) is 2.74. The lowest BCUT2D eigenvalue weighted by molar-refractivity contribution is -0.130. The average molecular weight is 472 g/mol. The molecule has 1 unspecified atom stereocenters. The van der Waals surface area contributed by atoms with E-state index in [1.807, 2.05) is 30.3 Å². The largest absolute Gasteiger partial charge is 0.384 e. The molecule has 2 atom stereocenters. The van der Waals surface area contributed by atoms with E-state index in [-0.39, 0.29) is 37.2 Å². The second-order valence-electron chi connectivity index (χ2n) is 6.67. The molecule has 0 aromatic heterocycles. The molecule has 7 nitrogen and oxygen atoms in total. The maximum atomic E-state index is 13.3. The number of halogens is 3. The summed E-state index contributed by atoms with van der Waals surface area (Å²) in [5, 5.41) is 12.3. The van der Waals surface area contributed by atoms with Crippen LogP contribution in [0.5, 0.6) is 0 Å². The Bertz CT molecular complexity index is 837. The summed E-state index contributed by atoms with van der Waals surface area (Å²) in [6.07, 6.45) is 0.997. The summed E-state index contributed by atoms with van der Waals surface area (Å²) in [5.74, 6) is -1.25. The van der Waals surface area contributed by atoms with Crippen LogP contribution in [-0.4, -0.2) is 36.4 Å². The van der Waals surface area contributed by atoms with Gasteiger partial charge in [-0.2, -0.15) is 0 Å². The number of carbonyl (C=O) groups excluding carboxylic acids is 2. The summed E-state index contributed by atoms with van der Waals surface area (Å²) in [6.45, 7) is -0.879. The molecule has 2 aromatic carbocycles. The van der Waals surface area contributed by atoms with Gasteiger partial charge in [0.2, 0.25) is 11.8 Å². The van der Waals surface area contributed by atoms with Crippen LogP contribution in [0.15, 0.2) is 54.6 Å². The van der Waals surface area contributed by atoms with Gasteiger partial charge in [-0.1, -0.05) is 54.6 Å². The number of nitrogens with two attached hydrogens (primary N) is 2. The second kappa shape index (κ2) is 14.3. The van der Waals surface area contributed by atoms with Crippen molar-refractivity contribution in [1.29, 1.82) is 5.41 Å². The zero-order chi connectivity index (χ0) is 21.2. The van der Waals surface area contributed by atoms with E-state index in [1.165, 1.54) is 0 Å². The molecule has 0 radical (unpaired) electrons. The third-order valence-corrected chi connectivity index (χ3v) is 4.44. The lowest BCUT2D eigenvalue weighted by Gasteiger charge is -2.18. The maximum Gasteiger partial charge on any atom is 0.245 e. The van der Waals surface area contributed by atoms with Crippen molar-refractivity contribution in [3.05, 3.63) is 71.3 Å². The molecule has 0 bridgehead atoms. The predicted molar refractivity (Wildman–Crippen MR) is 124 cm³/mol. The van der Waals surface area contributed by atoms with Gasteiger partial charge in [-0.25, -0.2) is 4.39 Å². The number of hydrogen-bond donors (Lipinski definition) is 5. The summed E-state index contributed by atoms with van der Waals surface area (Å²) in [6, 6.07) is 14.2. The summed E-state index contributed by atoms with van der Waals surface area (Å²) in [7, 11) is 0. The van der Waals surface area contributed by atoms with Gasteiger partial charge in [-0.05, 0) is 24.0 Å². The van der Waals surface area contributed by atoms with Crippen LogP contribution < -0.4 is 22.1 Å². The van der Waals surface area contributed by atoms with E-state index < -0.39 is 30.6 Å². The van der Waals surface area contributed by atoms with Gasteiger partial charge < -0.3 is 22.1 Å². The van der Waals surface area contributed by atoms with Crippen LogP contribution in [-0.2, 0) is 22.6 Å². The van der Waals surface area contributed by atoms with Crippen molar-refractivity contribution in [3.63, 3.8) is 0 Å². The number of hydrogen-bond acceptors (Lipinski definition) is 4. The van der Waals surface area contributed by atoms with E-state index in [1.54, 1.807) is 24.3 Å². The summed E-state index contributed by atoms with van der Waals surface area (Å²) >= 11 is 0. The number of carbonyl (C=O) groups is 2. The van der Waals surface area contributed by atoms with Crippen molar-refractivity contribution < 1.29 is 14.0 Å². The van der Waals surface area contributed by atoms with Crippen LogP contribution in [0.2, 0.25) is 0 Å². The van der Waals surface area contributed by atoms with E-state index in [9.17, 15) is 14.0 Å². The summed E-state index contributed by atoms with van der Waals surface area (Å²) < 4.78 is 13.3. The van der Waals surface area contributed by atoms with E-state index in [2.05, 4.69) is 10.6 Å². The number of amidine groups is 1. The third kappa shape index (κ3) is 9.33. The Labute approximate surface area is 193 Å². The Morgan fingerprint density at radius 1 is 0.968 bits per heavy atom. The molecule has 0 heterocycles. The number of amides is 2. The fourth-order valence-electron chi connectivity index (χ4n) is 2.67. The minimum atomic E-state index is -1.30. The van der Waals surface area contributed by atoms with Crippen molar-refractivity contribution in [1.82, 2.24) is 10.6 Å². The maximum absolute atomic E-state index is 13.3. The van der Waals surface area contributed by atoms with E-state index in [0.717, 1.165) is 11.1 Å². The van der Waals surface area contributed by atoms with Crippen LogP contribution in [0, 0.1) is 5.41 Å². The van der Waals surface area contributed by atoms with Gasteiger partial charge in [0.1, 0.15) is 18.6 Å². The van der Waals surface area contributed by atoms with E-state index in [4.69, 9.17) is 16.9 Å². The third-order valence-electron chi connectivity index (χ3n) is 4.44. The number of benzene rings is 2. The van der Waals surface area contributed by atoms with Crippen LogP contribution in [0.25, 0.3) is 0 Å². The van der Waals surface area contributed by atoms with Crippen molar-refractivity contribution in [2.45, 2.75) is 31.5 Å². The number of rotatable bonds is 10. The molecular formula is C21H28Cl2FN5O2. The first-order valence-electron chi connectivity index (χ1n) is 9.27. The first-order valence-corrected chi connectivity index (χ1v) is 9.27.